The third kappa shape index (κ3) is 3.25. The van der Waals surface area contributed by atoms with Gasteiger partial charge in [-0.25, -0.2) is 0 Å². The summed E-state index contributed by atoms with van der Waals surface area (Å²) in [6.45, 7) is 1.58. The second kappa shape index (κ2) is 5.73. The Labute approximate surface area is 111 Å². The highest BCUT2D eigenvalue weighted by atomic mass is 79.9. The van der Waals surface area contributed by atoms with Gasteiger partial charge >= 0.3 is 6.18 Å². The van der Waals surface area contributed by atoms with Gasteiger partial charge in [-0.3, -0.25) is 0 Å². The first kappa shape index (κ1) is 15.0. The lowest BCUT2D eigenvalue weighted by atomic mass is 9.93. The van der Waals surface area contributed by atoms with Crippen molar-refractivity contribution >= 4 is 22.2 Å². The van der Waals surface area contributed by atoms with E-state index in [1.54, 1.807) is 6.92 Å². The summed E-state index contributed by atoms with van der Waals surface area (Å²) in [5.41, 5.74) is -0.681. The summed E-state index contributed by atoms with van der Waals surface area (Å²) in [7, 11) is 1.30. The molecular formula is C12H12BrF3O2. The number of aldehydes is 1. The largest absolute Gasteiger partial charge is 0.496 e. The van der Waals surface area contributed by atoms with Gasteiger partial charge < -0.3 is 9.53 Å². The number of carbonyl (C=O) groups is 1. The molecule has 0 spiro atoms. The monoisotopic (exact) mass is 324 g/mol. The summed E-state index contributed by atoms with van der Waals surface area (Å²) in [6.07, 6.45) is -3.81. The van der Waals surface area contributed by atoms with Gasteiger partial charge in [0.15, 0.2) is 0 Å². The Balaban J connectivity index is 3.39. The van der Waals surface area contributed by atoms with Crippen LogP contribution in [0.3, 0.4) is 0 Å². The molecule has 0 fully saturated rings. The quantitative estimate of drug-likeness (QED) is 0.777. The van der Waals surface area contributed by atoms with Gasteiger partial charge in [0.25, 0.3) is 0 Å². The van der Waals surface area contributed by atoms with Crippen LogP contribution in [-0.2, 0) is 11.0 Å². The smallest absolute Gasteiger partial charge is 0.416 e. The van der Waals surface area contributed by atoms with Crippen LogP contribution in [0.1, 0.15) is 30.4 Å². The van der Waals surface area contributed by atoms with E-state index in [-0.39, 0.29) is 17.7 Å². The number of rotatable bonds is 4. The third-order valence-electron chi connectivity index (χ3n) is 2.61. The molecule has 0 aromatic heterocycles. The minimum absolute atomic E-state index is 0.0435. The number of hydrogen-bond acceptors (Lipinski definition) is 2. The molecule has 0 N–H and O–H groups in total. The average molecular weight is 325 g/mol. The molecule has 0 bridgehead atoms. The molecule has 18 heavy (non-hydrogen) atoms. The second-order valence-electron chi connectivity index (χ2n) is 3.88. The van der Waals surface area contributed by atoms with Gasteiger partial charge in [0.2, 0.25) is 0 Å². The molecule has 1 rings (SSSR count). The molecule has 1 aromatic rings. The van der Waals surface area contributed by atoms with Crippen molar-refractivity contribution in [1.29, 1.82) is 0 Å². The standard InChI is InChI=1S/C12H12BrF3O2/c1-7(3-4-17)8-5-10(13)11(18-2)6-9(8)12(14,15)16/h4-7H,3H2,1-2H3. The molecule has 2 nitrogen and oxygen atoms in total. The van der Waals surface area contributed by atoms with Crippen molar-refractivity contribution in [2.75, 3.05) is 7.11 Å². The third-order valence-corrected chi connectivity index (χ3v) is 3.23. The molecule has 0 aliphatic rings. The fourth-order valence-electron chi connectivity index (χ4n) is 1.65. The zero-order chi connectivity index (χ0) is 13.9. The summed E-state index contributed by atoms with van der Waals surface area (Å²) in [5.74, 6) is -0.384. The zero-order valence-corrected chi connectivity index (χ0v) is 11.4. The van der Waals surface area contributed by atoms with Crippen LogP contribution >= 0.6 is 15.9 Å². The Morgan fingerprint density at radius 1 is 1.44 bits per heavy atom. The van der Waals surface area contributed by atoms with Crippen molar-refractivity contribution in [3.63, 3.8) is 0 Å². The molecule has 6 heteroatoms. The first-order valence-electron chi connectivity index (χ1n) is 5.19. The maximum atomic E-state index is 12.9. The Morgan fingerprint density at radius 3 is 2.50 bits per heavy atom. The molecule has 0 amide bonds. The predicted octanol–water partition coefficient (Wildman–Crippen LogP) is 4.17. The molecule has 1 unspecified atom stereocenters. The van der Waals surface area contributed by atoms with Crippen LogP contribution in [0.5, 0.6) is 5.75 Å². The van der Waals surface area contributed by atoms with E-state index in [2.05, 4.69) is 15.9 Å². The van der Waals surface area contributed by atoms with Gasteiger partial charge in [0.1, 0.15) is 12.0 Å². The Hall–Kier alpha value is -1.04. The second-order valence-corrected chi connectivity index (χ2v) is 4.73. The highest BCUT2D eigenvalue weighted by molar-refractivity contribution is 9.10. The number of halogens is 4. The molecular weight excluding hydrogens is 313 g/mol. The van der Waals surface area contributed by atoms with Gasteiger partial charge in [-0.15, -0.1) is 0 Å². The number of benzene rings is 1. The first-order chi connectivity index (χ1) is 8.31. The fourth-order valence-corrected chi connectivity index (χ4v) is 2.17. The lowest BCUT2D eigenvalue weighted by molar-refractivity contribution is -0.138. The van der Waals surface area contributed by atoms with Crippen molar-refractivity contribution in [3.8, 4) is 5.75 Å². The SMILES string of the molecule is COc1cc(C(F)(F)F)c(C(C)CC=O)cc1Br. The Bertz CT molecular complexity index is 444. The molecule has 0 saturated carbocycles. The normalized spacial score (nSPS) is 13.2. The highest BCUT2D eigenvalue weighted by Gasteiger charge is 2.35. The van der Waals surface area contributed by atoms with E-state index in [1.807, 2.05) is 0 Å². The van der Waals surface area contributed by atoms with E-state index in [4.69, 9.17) is 4.74 Å². The first-order valence-corrected chi connectivity index (χ1v) is 5.98. The molecule has 1 aromatic carbocycles. The summed E-state index contributed by atoms with van der Waals surface area (Å²) < 4.78 is 44.1. The molecule has 1 atom stereocenters. The topological polar surface area (TPSA) is 26.3 Å². The summed E-state index contributed by atoms with van der Waals surface area (Å²) in [4.78, 5) is 10.4. The summed E-state index contributed by atoms with van der Waals surface area (Å²) in [5, 5.41) is 0. The van der Waals surface area contributed by atoms with Crippen LogP contribution in [0.15, 0.2) is 16.6 Å². The van der Waals surface area contributed by atoms with Crippen molar-refractivity contribution < 1.29 is 22.7 Å². The van der Waals surface area contributed by atoms with Gasteiger partial charge in [0, 0.05) is 6.42 Å². The average Bonchev–Trinajstić information content (AvgIpc) is 2.27. The number of carbonyl (C=O) groups excluding carboxylic acids is 1. The number of ether oxygens (including phenoxy) is 1. The molecule has 0 aliphatic heterocycles. The Morgan fingerprint density at radius 2 is 2.06 bits per heavy atom. The van der Waals surface area contributed by atoms with Crippen molar-refractivity contribution in [1.82, 2.24) is 0 Å². The zero-order valence-electron chi connectivity index (χ0n) is 9.84. The van der Waals surface area contributed by atoms with Crippen LogP contribution in [0.4, 0.5) is 13.2 Å². The summed E-state index contributed by atoms with van der Waals surface area (Å²) in [6, 6.07) is 2.30. The molecule has 0 radical (unpaired) electrons. The molecule has 0 saturated heterocycles. The van der Waals surface area contributed by atoms with Crippen LogP contribution < -0.4 is 4.74 Å². The van der Waals surface area contributed by atoms with Crippen molar-refractivity contribution in [2.45, 2.75) is 25.4 Å². The fraction of sp³-hybridized carbons (Fsp3) is 0.417. The van der Waals surface area contributed by atoms with E-state index in [0.29, 0.717) is 10.8 Å². The van der Waals surface area contributed by atoms with Gasteiger partial charge in [-0.2, -0.15) is 13.2 Å². The number of hydrogen-bond donors (Lipinski definition) is 0. The maximum absolute atomic E-state index is 12.9. The lowest BCUT2D eigenvalue weighted by Gasteiger charge is -2.19. The van der Waals surface area contributed by atoms with Crippen molar-refractivity contribution in [2.24, 2.45) is 0 Å². The minimum Gasteiger partial charge on any atom is -0.496 e. The highest BCUT2D eigenvalue weighted by Crippen LogP contribution is 2.41. The maximum Gasteiger partial charge on any atom is 0.416 e. The van der Waals surface area contributed by atoms with Gasteiger partial charge in [-0.1, -0.05) is 6.92 Å². The van der Waals surface area contributed by atoms with E-state index < -0.39 is 17.7 Å². The van der Waals surface area contributed by atoms with Gasteiger partial charge in [-0.05, 0) is 39.5 Å². The van der Waals surface area contributed by atoms with Gasteiger partial charge in [0.05, 0.1) is 17.1 Å². The van der Waals surface area contributed by atoms with Crippen molar-refractivity contribution in [3.05, 3.63) is 27.7 Å². The lowest BCUT2D eigenvalue weighted by Crippen LogP contribution is -2.12. The van der Waals surface area contributed by atoms with E-state index in [1.165, 1.54) is 13.2 Å². The Kier molecular flexibility index (Phi) is 4.78. The van der Waals surface area contributed by atoms with Crippen LogP contribution in [0.2, 0.25) is 0 Å². The molecule has 0 heterocycles. The molecule has 0 aliphatic carbocycles. The van der Waals surface area contributed by atoms with Crippen LogP contribution in [0.25, 0.3) is 0 Å². The van der Waals surface area contributed by atoms with Crippen LogP contribution in [0, 0.1) is 0 Å². The van der Waals surface area contributed by atoms with E-state index in [0.717, 1.165) is 6.07 Å². The predicted molar refractivity (Wildman–Crippen MR) is 64.8 cm³/mol. The number of methoxy groups -OCH3 is 1. The van der Waals surface area contributed by atoms with Crippen LogP contribution in [-0.4, -0.2) is 13.4 Å². The summed E-state index contributed by atoms with van der Waals surface area (Å²) >= 11 is 3.15. The molecule has 100 valence electrons. The van der Waals surface area contributed by atoms with E-state index in [9.17, 15) is 18.0 Å². The minimum atomic E-state index is -4.47. The number of alkyl halides is 3. The van der Waals surface area contributed by atoms with E-state index >= 15 is 0 Å².